The van der Waals surface area contributed by atoms with E-state index in [0.717, 1.165) is 35.7 Å². The molecule has 0 spiro atoms. The van der Waals surface area contributed by atoms with Crippen LogP contribution < -0.4 is 10.6 Å². The molecule has 1 aromatic heterocycles. The molecule has 1 aliphatic carbocycles. The van der Waals surface area contributed by atoms with Crippen molar-refractivity contribution in [2.24, 2.45) is 0 Å². The molecule has 2 aliphatic rings. The van der Waals surface area contributed by atoms with Crippen LogP contribution in [-0.4, -0.2) is 46.9 Å². The van der Waals surface area contributed by atoms with Crippen LogP contribution >= 0.6 is 0 Å². The number of rotatable bonds is 8. The van der Waals surface area contributed by atoms with Gasteiger partial charge in [-0.3, -0.25) is 14.5 Å². The first kappa shape index (κ1) is 20.2. The lowest BCUT2D eigenvalue weighted by molar-refractivity contribution is -0.130. The van der Waals surface area contributed by atoms with E-state index in [0.29, 0.717) is 19.5 Å². The molecule has 0 radical (unpaired) electrons. The summed E-state index contributed by atoms with van der Waals surface area (Å²) >= 11 is 0. The highest BCUT2D eigenvalue weighted by Crippen LogP contribution is 2.20. The van der Waals surface area contributed by atoms with E-state index in [2.05, 4.69) is 21.7 Å². The average molecular weight is 409 g/mol. The number of hydrogen-bond donors (Lipinski definition) is 3. The number of imide groups is 1. The van der Waals surface area contributed by atoms with Crippen molar-refractivity contribution in [2.45, 2.75) is 51.0 Å². The van der Waals surface area contributed by atoms with E-state index in [1.54, 1.807) is 0 Å². The van der Waals surface area contributed by atoms with E-state index in [9.17, 15) is 14.4 Å². The molecule has 1 aromatic carbocycles. The van der Waals surface area contributed by atoms with Gasteiger partial charge in [0.05, 0.1) is 6.42 Å². The topological polar surface area (TPSA) is 94.3 Å². The summed E-state index contributed by atoms with van der Waals surface area (Å²) in [7, 11) is 0. The van der Waals surface area contributed by atoms with Gasteiger partial charge in [0.1, 0.15) is 6.04 Å². The van der Waals surface area contributed by atoms with Crippen LogP contribution in [0.15, 0.2) is 42.1 Å². The van der Waals surface area contributed by atoms with Gasteiger partial charge in [0, 0.05) is 30.2 Å². The monoisotopic (exact) mass is 408 g/mol. The third kappa shape index (κ3) is 4.56. The van der Waals surface area contributed by atoms with E-state index in [1.165, 1.54) is 23.3 Å². The van der Waals surface area contributed by atoms with Gasteiger partial charge >= 0.3 is 6.03 Å². The highest BCUT2D eigenvalue weighted by Gasteiger charge is 2.38. The molecule has 0 saturated carbocycles. The quantitative estimate of drug-likeness (QED) is 0.463. The Morgan fingerprint density at radius 1 is 1.17 bits per heavy atom. The fourth-order valence-corrected chi connectivity index (χ4v) is 4.25. The second-order valence-electron chi connectivity index (χ2n) is 8.01. The maximum Gasteiger partial charge on any atom is 0.324 e. The second kappa shape index (κ2) is 9.15. The number of fused-ring (bicyclic) bond motifs is 1. The number of carbonyl (C=O) groups is 3. The smallest absolute Gasteiger partial charge is 0.324 e. The SMILES string of the molecule is O=C(C[C@H]1NC(=O)N(CCc2c[nH]c3ccccc23)C1=O)NCCC1=CCCCC1. The molecule has 3 N–H and O–H groups in total. The predicted octanol–water partition coefficient (Wildman–Crippen LogP) is 3.03. The highest BCUT2D eigenvalue weighted by molar-refractivity contribution is 6.05. The van der Waals surface area contributed by atoms with Crippen molar-refractivity contribution in [2.75, 3.05) is 13.1 Å². The Bertz CT molecular complexity index is 978. The summed E-state index contributed by atoms with van der Waals surface area (Å²) in [6, 6.07) is 6.73. The van der Waals surface area contributed by atoms with E-state index in [1.807, 2.05) is 30.5 Å². The number of aromatic nitrogens is 1. The van der Waals surface area contributed by atoms with Crippen molar-refractivity contribution in [3.8, 4) is 0 Å². The van der Waals surface area contributed by atoms with Crippen LogP contribution in [0.4, 0.5) is 4.79 Å². The number of amides is 4. The van der Waals surface area contributed by atoms with Crippen molar-refractivity contribution < 1.29 is 14.4 Å². The number of H-pyrrole nitrogens is 1. The fraction of sp³-hybridized carbons (Fsp3) is 0.435. The van der Waals surface area contributed by atoms with Crippen molar-refractivity contribution in [3.63, 3.8) is 0 Å². The zero-order chi connectivity index (χ0) is 20.9. The molecule has 2 heterocycles. The summed E-state index contributed by atoms with van der Waals surface area (Å²) in [4.78, 5) is 41.6. The minimum atomic E-state index is -0.783. The fourth-order valence-electron chi connectivity index (χ4n) is 4.25. The number of urea groups is 1. The highest BCUT2D eigenvalue weighted by atomic mass is 16.2. The number of benzene rings is 1. The van der Waals surface area contributed by atoms with Gasteiger partial charge in [-0.15, -0.1) is 0 Å². The Hall–Kier alpha value is -3.09. The molecule has 1 fully saturated rings. The van der Waals surface area contributed by atoms with Crippen LogP contribution in [0.1, 0.15) is 44.1 Å². The molecule has 1 aliphatic heterocycles. The van der Waals surface area contributed by atoms with Crippen LogP contribution in [0.25, 0.3) is 10.9 Å². The number of allylic oxidation sites excluding steroid dienone is 1. The molecular weight excluding hydrogens is 380 g/mol. The predicted molar refractivity (Wildman–Crippen MR) is 115 cm³/mol. The van der Waals surface area contributed by atoms with Gasteiger partial charge in [-0.25, -0.2) is 4.79 Å². The lowest BCUT2D eigenvalue weighted by atomic mass is 9.97. The van der Waals surface area contributed by atoms with Crippen molar-refractivity contribution in [1.29, 1.82) is 0 Å². The summed E-state index contributed by atoms with van der Waals surface area (Å²) < 4.78 is 0. The molecule has 30 heavy (non-hydrogen) atoms. The Morgan fingerprint density at radius 2 is 2.03 bits per heavy atom. The van der Waals surface area contributed by atoms with Gasteiger partial charge in [-0.1, -0.05) is 29.8 Å². The maximum atomic E-state index is 12.6. The maximum absolute atomic E-state index is 12.6. The summed E-state index contributed by atoms with van der Waals surface area (Å²) in [5.74, 6) is -0.534. The van der Waals surface area contributed by atoms with E-state index >= 15 is 0 Å². The first-order valence-corrected chi connectivity index (χ1v) is 10.7. The molecule has 4 amide bonds. The third-order valence-corrected chi connectivity index (χ3v) is 5.93. The van der Waals surface area contributed by atoms with Gasteiger partial charge < -0.3 is 15.6 Å². The van der Waals surface area contributed by atoms with Crippen molar-refractivity contribution in [1.82, 2.24) is 20.5 Å². The summed E-state index contributed by atoms with van der Waals surface area (Å²) in [5.41, 5.74) is 3.49. The number of aromatic amines is 1. The first-order chi connectivity index (χ1) is 14.6. The minimum Gasteiger partial charge on any atom is -0.361 e. The number of hydrogen-bond acceptors (Lipinski definition) is 3. The molecule has 1 atom stereocenters. The average Bonchev–Trinajstić information content (AvgIpc) is 3.28. The van der Waals surface area contributed by atoms with Crippen molar-refractivity contribution >= 4 is 28.7 Å². The van der Waals surface area contributed by atoms with Crippen molar-refractivity contribution in [3.05, 3.63) is 47.7 Å². The van der Waals surface area contributed by atoms with Crippen LogP contribution in [-0.2, 0) is 16.0 Å². The third-order valence-electron chi connectivity index (χ3n) is 5.93. The molecule has 7 heteroatoms. The zero-order valence-electron chi connectivity index (χ0n) is 17.1. The Morgan fingerprint density at radius 3 is 2.87 bits per heavy atom. The van der Waals surface area contributed by atoms with Crippen LogP contribution in [0.5, 0.6) is 0 Å². The molecule has 158 valence electrons. The van der Waals surface area contributed by atoms with Gasteiger partial charge in [-0.2, -0.15) is 0 Å². The van der Waals surface area contributed by atoms with Crippen LogP contribution in [0, 0.1) is 0 Å². The number of nitrogens with zero attached hydrogens (tertiary/aromatic N) is 1. The molecule has 0 unspecified atom stereocenters. The van der Waals surface area contributed by atoms with Crippen LogP contribution in [0.3, 0.4) is 0 Å². The molecule has 7 nitrogen and oxygen atoms in total. The lowest BCUT2D eigenvalue weighted by Gasteiger charge is -2.14. The minimum absolute atomic E-state index is 0.0206. The van der Waals surface area contributed by atoms with E-state index in [-0.39, 0.29) is 18.2 Å². The zero-order valence-corrected chi connectivity index (χ0v) is 17.1. The number of nitrogens with one attached hydrogen (secondary N) is 3. The van der Waals surface area contributed by atoms with E-state index in [4.69, 9.17) is 0 Å². The Balaban J connectivity index is 1.26. The largest absolute Gasteiger partial charge is 0.361 e. The standard InChI is InChI=1S/C23H28N4O3/c28-21(24-12-10-16-6-2-1-3-7-16)14-20-22(29)27(23(30)26-20)13-11-17-15-25-19-9-5-4-8-18(17)19/h4-6,8-9,15,20,25H,1-3,7,10-14H2,(H,24,28)(H,26,30)/t20-/m1/s1. The number of carbonyl (C=O) groups excluding carboxylic acids is 3. The normalized spacial score (nSPS) is 19.1. The molecule has 1 saturated heterocycles. The lowest BCUT2D eigenvalue weighted by Crippen LogP contribution is -2.37. The van der Waals surface area contributed by atoms with Gasteiger partial charge in [0.15, 0.2) is 0 Å². The Kier molecular flexibility index (Phi) is 6.16. The second-order valence-corrected chi connectivity index (χ2v) is 8.01. The van der Waals surface area contributed by atoms with Gasteiger partial charge in [-0.05, 0) is 50.2 Å². The summed E-state index contributed by atoms with van der Waals surface area (Å²) in [6.45, 7) is 0.864. The summed E-state index contributed by atoms with van der Waals surface area (Å²) in [6.07, 6.45) is 10.3. The molecule has 4 rings (SSSR count). The number of para-hydroxylation sites is 1. The first-order valence-electron chi connectivity index (χ1n) is 10.7. The van der Waals surface area contributed by atoms with Gasteiger partial charge in [0.25, 0.3) is 5.91 Å². The van der Waals surface area contributed by atoms with Gasteiger partial charge in [0.2, 0.25) is 5.91 Å². The molecule has 2 aromatic rings. The molecular formula is C23H28N4O3. The van der Waals surface area contributed by atoms with E-state index < -0.39 is 12.1 Å². The Labute approximate surface area is 175 Å². The summed E-state index contributed by atoms with van der Waals surface area (Å²) in [5, 5.41) is 6.62. The molecule has 0 bridgehead atoms. The van der Waals surface area contributed by atoms with Crippen LogP contribution in [0.2, 0.25) is 0 Å².